The molecule has 0 saturated carbocycles. The number of alkyl carbamates (subject to hydrolysis) is 1. The number of nitrogens with one attached hydrogen (secondary N) is 1. The van der Waals surface area contributed by atoms with E-state index in [2.05, 4.69) is 28.4 Å². The van der Waals surface area contributed by atoms with Crippen LogP contribution in [-0.2, 0) is 4.74 Å². The third kappa shape index (κ3) is 5.14. The van der Waals surface area contributed by atoms with Crippen LogP contribution in [0.25, 0.3) is 0 Å². The second kappa shape index (κ2) is 6.59. The summed E-state index contributed by atoms with van der Waals surface area (Å²) in [6, 6.07) is 0.200. The lowest BCUT2D eigenvalue weighted by Crippen LogP contribution is -2.45. The third-order valence-electron chi connectivity index (χ3n) is 3.69. The monoisotopic (exact) mass is 288 g/mol. The zero-order valence-electron chi connectivity index (χ0n) is 13.3. The normalized spacial score (nSPS) is 23.7. The fourth-order valence-corrected chi connectivity index (χ4v) is 2.62. The van der Waals surface area contributed by atoms with Gasteiger partial charge in [-0.1, -0.05) is 18.0 Å². The summed E-state index contributed by atoms with van der Waals surface area (Å²) < 4.78 is 5.30. The van der Waals surface area contributed by atoms with Crippen LogP contribution in [0.4, 0.5) is 4.79 Å². The van der Waals surface area contributed by atoms with Crippen molar-refractivity contribution in [2.75, 3.05) is 13.1 Å². The van der Waals surface area contributed by atoms with Crippen LogP contribution >= 0.6 is 0 Å². The van der Waals surface area contributed by atoms with Gasteiger partial charge in [-0.15, -0.1) is 0 Å². The number of amides is 1. The van der Waals surface area contributed by atoms with Crippen LogP contribution < -0.4 is 5.32 Å². The molecule has 1 fully saturated rings. The van der Waals surface area contributed by atoms with Gasteiger partial charge in [0, 0.05) is 24.8 Å². The first-order chi connectivity index (χ1) is 9.83. The molecule has 1 N–H and O–H groups in total. The summed E-state index contributed by atoms with van der Waals surface area (Å²) >= 11 is 0. The molecule has 114 valence electrons. The van der Waals surface area contributed by atoms with Crippen molar-refractivity contribution in [1.82, 2.24) is 10.2 Å². The molecular weight excluding hydrogens is 263 g/mol. The molecule has 1 heterocycles. The van der Waals surface area contributed by atoms with E-state index in [0.29, 0.717) is 0 Å². The first kappa shape index (κ1) is 16.0. The topological polar surface area (TPSA) is 41.6 Å². The van der Waals surface area contributed by atoms with Crippen molar-refractivity contribution in [3.05, 3.63) is 23.9 Å². The van der Waals surface area contributed by atoms with Gasteiger partial charge in [0.2, 0.25) is 0 Å². The Kier molecular flexibility index (Phi) is 5.02. The van der Waals surface area contributed by atoms with Gasteiger partial charge in [0.15, 0.2) is 0 Å². The lowest BCUT2D eigenvalue weighted by molar-refractivity contribution is 0.0485. The third-order valence-corrected chi connectivity index (χ3v) is 3.69. The Balaban J connectivity index is 1.76. The van der Waals surface area contributed by atoms with Crippen LogP contribution in [0, 0.1) is 0 Å². The number of likely N-dealkylation sites (tertiary alicyclic amines) is 1. The van der Waals surface area contributed by atoms with Crippen molar-refractivity contribution in [3.63, 3.8) is 0 Å². The zero-order chi connectivity index (χ0) is 15.5. The predicted octanol–water partition coefficient (Wildman–Crippen LogP) is 2.78. The molecule has 5 heteroatoms. The van der Waals surface area contributed by atoms with Crippen LogP contribution in [0.2, 0.25) is 5.82 Å². The van der Waals surface area contributed by atoms with Gasteiger partial charge in [0.1, 0.15) is 5.60 Å². The fourth-order valence-electron chi connectivity index (χ4n) is 2.62. The molecule has 1 saturated heterocycles. The maximum absolute atomic E-state index is 11.8. The Labute approximate surface area is 129 Å². The highest BCUT2D eigenvalue weighted by Gasteiger charge is 2.24. The van der Waals surface area contributed by atoms with E-state index >= 15 is 0 Å². The summed E-state index contributed by atoms with van der Waals surface area (Å²) in [7, 11) is 5.84. The van der Waals surface area contributed by atoms with Crippen molar-refractivity contribution in [1.29, 1.82) is 0 Å². The number of ether oxygens (including phenoxy) is 1. The zero-order valence-corrected chi connectivity index (χ0v) is 13.3. The summed E-state index contributed by atoms with van der Waals surface area (Å²) in [6.45, 7) is 7.53. The van der Waals surface area contributed by atoms with E-state index in [0.717, 1.165) is 32.4 Å². The standard InChI is InChI=1S/C16H25BN2O2/c1-16(2,3)21-15(20)18-13-8-10-19(11-9-13)14-6-4-12(17)5-7-14/h4,6-7,12-13H,5,8-11H2,1-3H3,(H,18,20). The number of nitrogens with zero attached hydrogens (tertiary/aromatic N) is 1. The van der Waals surface area contributed by atoms with E-state index in [9.17, 15) is 4.79 Å². The van der Waals surface area contributed by atoms with Crippen LogP contribution in [0.1, 0.15) is 40.0 Å². The first-order valence-corrected chi connectivity index (χ1v) is 7.72. The Morgan fingerprint density at radius 2 is 2.05 bits per heavy atom. The van der Waals surface area contributed by atoms with Crippen molar-refractivity contribution in [2.24, 2.45) is 0 Å². The number of piperidine rings is 1. The van der Waals surface area contributed by atoms with E-state index in [-0.39, 0.29) is 18.0 Å². The lowest BCUT2D eigenvalue weighted by Gasteiger charge is -2.35. The van der Waals surface area contributed by atoms with Crippen LogP contribution in [0.15, 0.2) is 23.9 Å². The number of hydrogen-bond donors (Lipinski definition) is 1. The molecule has 1 unspecified atom stereocenters. The maximum Gasteiger partial charge on any atom is 0.407 e. The molecule has 2 rings (SSSR count). The molecule has 0 aromatic carbocycles. The molecule has 1 aliphatic heterocycles. The van der Waals surface area contributed by atoms with E-state index in [4.69, 9.17) is 12.6 Å². The number of carbonyl (C=O) groups excluding carboxylic acids is 1. The largest absolute Gasteiger partial charge is 0.444 e. The summed E-state index contributed by atoms with van der Waals surface area (Å²) in [5.74, 6) is 0.153. The molecule has 2 aliphatic rings. The van der Waals surface area contributed by atoms with Gasteiger partial charge in [-0.05, 0) is 46.1 Å². The molecule has 21 heavy (non-hydrogen) atoms. The molecule has 1 atom stereocenters. The average Bonchev–Trinajstić information content (AvgIpc) is 2.38. The molecule has 1 amide bonds. The van der Waals surface area contributed by atoms with Crippen molar-refractivity contribution in [2.45, 2.75) is 57.5 Å². The molecule has 0 aromatic rings. The Hall–Kier alpha value is -1.39. The highest BCUT2D eigenvalue weighted by Crippen LogP contribution is 2.23. The van der Waals surface area contributed by atoms with Crippen LogP contribution in [-0.4, -0.2) is 43.6 Å². The van der Waals surface area contributed by atoms with E-state index in [1.54, 1.807) is 0 Å². The minimum atomic E-state index is -0.443. The maximum atomic E-state index is 11.8. The number of rotatable bonds is 2. The summed E-state index contributed by atoms with van der Waals surface area (Å²) in [6.07, 6.45) is 8.83. The minimum Gasteiger partial charge on any atom is -0.444 e. The van der Waals surface area contributed by atoms with Crippen molar-refractivity contribution in [3.8, 4) is 0 Å². The Bertz CT molecular complexity index is 432. The minimum absolute atomic E-state index is 0.153. The fraction of sp³-hybridized carbons (Fsp3) is 0.688. The van der Waals surface area contributed by atoms with Gasteiger partial charge in [-0.25, -0.2) is 4.79 Å². The highest BCUT2D eigenvalue weighted by molar-refractivity contribution is 6.13. The average molecular weight is 288 g/mol. The Morgan fingerprint density at radius 3 is 2.57 bits per heavy atom. The number of allylic oxidation sites excluding steroid dienone is 3. The second-order valence-electron chi connectivity index (χ2n) is 6.80. The van der Waals surface area contributed by atoms with Crippen LogP contribution in [0.3, 0.4) is 0 Å². The highest BCUT2D eigenvalue weighted by atomic mass is 16.6. The first-order valence-electron chi connectivity index (χ1n) is 7.72. The summed E-state index contributed by atoms with van der Waals surface area (Å²) in [4.78, 5) is 14.1. The predicted molar refractivity (Wildman–Crippen MR) is 85.3 cm³/mol. The molecule has 1 aliphatic carbocycles. The molecular formula is C16H25BN2O2. The number of hydrogen-bond acceptors (Lipinski definition) is 3. The molecule has 4 nitrogen and oxygen atoms in total. The smallest absolute Gasteiger partial charge is 0.407 e. The van der Waals surface area contributed by atoms with Gasteiger partial charge in [0.05, 0.1) is 7.85 Å². The van der Waals surface area contributed by atoms with Gasteiger partial charge in [0.25, 0.3) is 0 Å². The van der Waals surface area contributed by atoms with E-state index < -0.39 is 5.60 Å². The molecule has 0 spiro atoms. The summed E-state index contributed by atoms with van der Waals surface area (Å²) in [5, 5.41) is 2.96. The lowest BCUT2D eigenvalue weighted by atomic mass is 9.81. The second-order valence-corrected chi connectivity index (χ2v) is 6.80. The molecule has 0 aromatic heterocycles. The van der Waals surface area contributed by atoms with Crippen LogP contribution in [0.5, 0.6) is 0 Å². The molecule has 2 radical (unpaired) electrons. The van der Waals surface area contributed by atoms with Gasteiger partial charge in [-0.2, -0.15) is 0 Å². The van der Waals surface area contributed by atoms with Gasteiger partial charge >= 0.3 is 6.09 Å². The quantitative estimate of drug-likeness (QED) is 0.794. The van der Waals surface area contributed by atoms with Gasteiger partial charge < -0.3 is 15.0 Å². The Morgan fingerprint density at radius 1 is 1.38 bits per heavy atom. The summed E-state index contributed by atoms with van der Waals surface area (Å²) in [5.41, 5.74) is 0.814. The van der Waals surface area contributed by atoms with Crippen molar-refractivity contribution < 1.29 is 9.53 Å². The van der Waals surface area contributed by atoms with Gasteiger partial charge in [-0.3, -0.25) is 0 Å². The van der Waals surface area contributed by atoms with E-state index in [1.807, 2.05) is 20.8 Å². The van der Waals surface area contributed by atoms with Crippen molar-refractivity contribution >= 4 is 13.9 Å². The number of carbonyl (C=O) groups is 1. The van der Waals surface area contributed by atoms with E-state index in [1.165, 1.54) is 5.70 Å². The SMILES string of the molecule is [B]C1C=CC(N2CCC(NC(=O)OC(C)(C)C)CC2)=CC1. The molecule has 0 bridgehead atoms.